The van der Waals surface area contributed by atoms with E-state index in [1.807, 2.05) is 28.8 Å². The number of carbonyl (C=O) groups excluding carboxylic acids is 1. The van der Waals surface area contributed by atoms with E-state index in [1.165, 1.54) is 32.1 Å². The van der Waals surface area contributed by atoms with Gasteiger partial charge in [0.05, 0.1) is 11.6 Å². The maximum Gasteiger partial charge on any atom is 0.268 e. The molecule has 0 aromatic carbocycles. The molecule has 0 spiro atoms. The van der Waals surface area contributed by atoms with Gasteiger partial charge < -0.3 is 5.32 Å². The third kappa shape index (κ3) is 3.36. The average molecular weight is 374 g/mol. The minimum absolute atomic E-state index is 0.0171. The van der Waals surface area contributed by atoms with Crippen LogP contribution in [0, 0.1) is 23.2 Å². The second-order valence-electron chi connectivity index (χ2n) is 8.85. The van der Waals surface area contributed by atoms with Gasteiger partial charge in [-0.05, 0) is 67.4 Å². The van der Waals surface area contributed by atoms with Crippen LogP contribution in [0.5, 0.6) is 0 Å². The van der Waals surface area contributed by atoms with E-state index in [9.17, 15) is 4.79 Å². The minimum Gasteiger partial charge on any atom is -0.350 e. The number of alkyl halides is 1. The van der Waals surface area contributed by atoms with Crippen LogP contribution >= 0.6 is 11.6 Å². The molecule has 140 valence electrons. The lowest BCUT2D eigenvalue weighted by Gasteiger charge is -2.50. The first-order chi connectivity index (χ1) is 12.5. The smallest absolute Gasteiger partial charge is 0.268 e. The van der Waals surface area contributed by atoms with Crippen LogP contribution in [-0.4, -0.2) is 21.8 Å². The molecule has 2 aromatic heterocycles. The number of pyridine rings is 1. The van der Waals surface area contributed by atoms with Crippen molar-refractivity contribution in [1.29, 1.82) is 0 Å². The van der Waals surface area contributed by atoms with Crippen molar-refractivity contribution in [2.45, 2.75) is 51.8 Å². The highest BCUT2D eigenvalue weighted by atomic mass is 35.5. The first-order valence-corrected chi connectivity index (χ1v) is 10.3. The summed E-state index contributed by atoms with van der Waals surface area (Å²) in [4.78, 5) is 17.4. The van der Waals surface area contributed by atoms with Gasteiger partial charge in [0.25, 0.3) is 5.91 Å². The van der Waals surface area contributed by atoms with Gasteiger partial charge >= 0.3 is 0 Å². The Hall–Kier alpha value is -1.55. The van der Waals surface area contributed by atoms with Crippen molar-refractivity contribution in [3.8, 4) is 0 Å². The molecule has 2 aliphatic carbocycles. The number of imidazole rings is 1. The van der Waals surface area contributed by atoms with E-state index in [4.69, 9.17) is 11.6 Å². The van der Waals surface area contributed by atoms with Crippen molar-refractivity contribution in [2.75, 3.05) is 6.54 Å². The quantitative estimate of drug-likeness (QED) is 0.792. The van der Waals surface area contributed by atoms with E-state index < -0.39 is 0 Å². The van der Waals surface area contributed by atoms with E-state index in [0.29, 0.717) is 11.6 Å². The summed E-state index contributed by atoms with van der Waals surface area (Å²) >= 11 is 5.90. The van der Waals surface area contributed by atoms with E-state index >= 15 is 0 Å². The van der Waals surface area contributed by atoms with Crippen LogP contribution in [0.15, 0.2) is 24.4 Å². The van der Waals surface area contributed by atoms with Gasteiger partial charge in [-0.2, -0.15) is 0 Å². The van der Waals surface area contributed by atoms with Crippen molar-refractivity contribution in [2.24, 2.45) is 23.2 Å². The number of halogens is 1. The molecular formula is C21H28ClN3O. The highest BCUT2D eigenvalue weighted by molar-refractivity contribution is 6.16. The maximum absolute atomic E-state index is 12.9. The van der Waals surface area contributed by atoms with Crippen LogP contribution < -0.4 is 5.32 Å². The Morgan fingerprint density at radius 3 is 2.69 bits per heavy atom. The summed E-state index contributed by atoms with van der Waals surface area (Å²) in [5, 5.41) is 3.25. The Morgan fingerprint density at radius 2 is 2.00 bits per heavy atom. The predicted molar refractivity (Wildman–Crippen MR) is 104 cm³/mol. The number of aromatic nitrogens is 2. The topological polar surface area (TPSA) is 46.4 Å². The lowest BCUT2D eigenvalue weighted by molar-refractivity contribution is 0.0183. The first kappa shape index (κ1) is 17.8. The summed E-state index contributed by atoms with van der Waals surface area (Å²) in [6.45, 7) is 5.53. The number of nitrogens with zero attached hydrogens (tertiary/aromatic N) is 2. The molecule has 5 heteroatoms. The second kappa shape index (κ2) is 6.88. The Kier molecular flexibility index (Phi) is 4.72. The molecule has 26 heavy (non-hydrogen) atoms. The lowest BCUT2D eigenvalue weighted by Crippen LogP contribution is -2.46. The molecule has 4 nitrogen and oxygen atoms in total. The first-order valence-electron chi connectivity index (χ1n) is 9.79. The van der Waals surface area contributed by atoms with Crippen LogP contribution in [0.2, 0.25) is 0 Å². The van der Waals surface area contributed by atoms with E-state index in [1.54, 1.807) is 0 Å². The molecule has 2 unspecified atom stereocenters. The monoisotopic (exact) mass is 373 g/mol. The Bertz CT molecular complexity index is 795. The van der Waals surface area contributed by atoms with Crippen LogP contribution in [0.1, 0.15) is 62.1 Å². The number of hydrogen-bond acceptors (Lipinski definition) is 2. The highest BCUT2D eigenvalue weighted by Gasteiger charge is 2.44. The van der Waals surface area contributed by atoms with Crippen molar-refractivity contribution >= 4 is 23.2 Å². The van der Waals surface area contributed by atoms with Crippen molar-refractivity contribution in [3.05, 3.63) is 35.8 Å². The van der Waals surface area contributed by atoms with Gasteiger partial charge in [0.2, 0.25) is 0 Å². The largest absolute Gasteiger partial charge is 0.350 e. The number of nitrogens with one attached hydrogen (secondary N) is 1. The Morgan fingerprint density at radius 1 is 1.27 bits per heavy atom. The number of carbonyl (C=O) groups is 1. The third-order valence-corrected chi connectivity index (χ3v) is 6.57. The second-order valence-corrected chi connectivity index (χ2v) is 9.12. The Labute approximate surface area is 160 Å². The fraction of sp³-hybridized carbons (Fsp3) is 0.619. The van der Waals surface area contributed by atoms with Crippen LogP contribution in [0.4, 0.5) is 0 Å². The van der Waals surface area contributed by atoms with Gasteiger partial charge in [-0.25, -0.2) is 4.98 Å². The zero-order valence-corrected chi connectivity index (χ0v) is 16.4. The normalized spacial score (nSPS) is 31.1. The Balaban J connectivity index is 1.52. The molecule has 2 heterocycles. The van der Waals surface area contributed by atoms with Crippen LogP contribution in [0.25, 0.3) is 5.65 Å². The summed E-state index contributed by atoms with van der Waals surface area (Å²) in [5.41, 5.74) is 2.46. The predicted octanol–water partition coefficient (Wildman–Crippen LogP) is 4.66. The van der Waals surface area contributed by atoms with Crippen molar-refractivity contribution in [3.63, 3.8) is 0 Å². The molecule has 2 saturated carbocycles. The summed E-state index contributed by atoms with van der Waals surface area (Å²) in [5.74, 6) is 2.70. The van der Waals surface area contributed by atoms with Gasteiger partial charge in [-0.15, -0.1) is 11.6 Å². The van der Waals surface area contributed by atoms with Crippen molar-refractivity contribution in [1.82, 2.24) is 14.7 Å². The van der Waals surface area contributed by atoms with Crippen molar-refractivity contribution < 1.29 is 4.79 Å². The zero-order chi connectivity index (χ0) is 18.3. The molecule has 2 aliphatic rings. The summed E-state index contributed by atoms with van der Waals surface area (Å²) in [6.07, 6.45) is 8.31. The standard InChI is InChI=1S/C21H28ClN3O/c1-14-6-16-7-15(2)9-21(8-14,10-16)13-23-20(26)18-4-3-5-19-24-17(11-22)12-25(18)19/h3-5,12,14-16H,6-11,13H2,1-2H3,(H,23,26). The molecule has 1 amide bonds. The van der Waals surface area contributed by atoms with E-state index in [0.717, 1.165) is 35.6 Å². The van der Waals surface area contributed by atoms with Gasteiger partial charge in [0, 0.05) is 12.7 Å². The zero-order valence-electron chi connectivity index (χ0n) is 15.7. The van der Waals surface area contributed by atoms with Crippen LogP contribution in [-0.2, 0) is 5.88 Å². The molecule has 0 saturated heterocycles. The van der Waals surface area contributed by atoms with Gasteiger partial charge in [-0.3, -0.25) is 9.20 Å². The number of hydrogen-bond donors (Lipinski definition) is 1. The molecule has 2 bridgehead atoms. The fourth-order valence-corrected chi connectivity index (χ4v) is 5.92. The van der Waals surface area contributed by atoms with E-state index in [-0.39, 0.29) is 11.3 Å². The van der Waals surface area contributed by atoms with Gasteiger partial charge in [-0.1, -0.05) is 19.9 Å². The number of rotatable bonds is 4. The molecule has 0 aliphatic heterocycles. The SMILES string of the molecule is CC1CC2CC(C)CC(CNC(=O)c3cccc4nc(CCl)cn34)(C1)C2. The maximum atomic E-state index is 12.9. The number of fused-ring (bicyclic) bond motifs is 3. The molecule has 2 atom stereocenters. The summed E-state index contributed by atoms with van der Waals surface area (Å²) in [6, 6.07) is 5.65. The van der Waals surface area contributed by atoms with Crippen LogP contribution in [0.3, 0.4) is 0 Å². The van der Waals surface area contributed by atoms with Gasteiger partial charge in [0.1, 0.15) is 11.3 Å². The molecule has 1 N–H and O–H groups in total. The molecule has 2 aromatic rings. The summed E-state index contributed by atoms with van der Waals surface area (Å²) < 4.78 is 1.85. The third-order valence-electron chi connectivity index (χ3n) is 6.29. The molecule has 2 fully saturated rings. The summed E-state index contributed by atoms with van der Waals surface area (Å²) in [7, 11) is 0. The fourth-order valence-electron chi connectivity index (χ4n) is 5.79. The van der Waals surface area contributed by atoms with Gasteiger partial charge in [0.15, 0.2) is 0 Å². The average Bonchev–Trinajstić information content (AvgIpc) is 3.01. The molecule has 4 rings (SSSR count). The molecular weight excluding hydrogens is 346 g/mol. The highest BCUT2D eigenvalue weighted by Crippen LogP contribution is 2.52. The lowest BCUT2D eigenvalue weighted by atomic mass is 9.57. The molecule has 0 radical (unpaired) electrons. The number of amides is 1. The minimum atomic E-state index is -0.0171. The van der Waals surface area contributed by atoms with E-state index in [2.05, 4.69) is 24.1 Å².